The number of rotatable bonds is 3. The summed E-state index contributed by atoms with van der Waals surface area (Å²) < 4.78 is 13.4. The minimum atomic E-state index is -0.327. The van der Waals surface area contributed by atoms with Crippen molar-refractivity contribution in [1.29, 1.82) is 0 Å². The van der Waals surface area contributed by atoms with E-state index in [0.29, 0.717) is 0 Å². The molecule has 3 rings (SSSR count). The molecule has 0 unspecified atom stereocenters. The van der Waals surface area contributed by atoms with Crippen LogP contribution in [0, 0.1) is 0 Å². The van der Waals surface area contributed by atoms with Crippen molar-refractivity contribution >= 4 is 10.9 Å². The molecule has 0 saturated carbocycles. The van der Waals surface area contributed by atoms with Gasteiger partial charge in [-0.05, 0) is 23.1 Å². The lowest BCUT2D eigenvalue weighted by Gasteiger charge is -2.33. The van der Waals surface area contributed by atoms with Gasteiger partial charge < -0.3 is 10.3 Å². The van der Waals surface area contributed by atoms with Crippen molar-refractivity contribution < 1.29 is 4.39 Å². The molecule has 3 nitrogen and oxygen atoms in total. The highest BCUT2D eigenvalue weighted by atomic mass is 19.1. The second-order valence-corrected chi connectivity index (χ2v) is 4.78. The first-order valence-corrected chi connectivity index (χ1v) is 6.46. The lowest BCUT2D eigenvalue weighted by molar-refractivity contribution is 0.147. The van der Waals surface area contributed by atoms with Crippen LogP contribution in [0.4, 0.5) is 4.39 Å². The fraction of sp³-hybridized carbons (Fsp3) is 0.429. The SMILES string of the molecule is FC[C@H](c1ccc2cc[nH]c2c1)N1CCNCC1. The van der Waals surface area contributed by atoms with E-state index in [4.69, 9.17) is 0 Å². The maximum absolute atomic E-state index is 13.4. The average Bonchev–Trinajstić information content (AvgIpc) is 2.88. The number of halogens is 1. The molecular formula is C14H18FN3. The third kappa shape index (κ3) is 2.13. The number of benzene rings is 1. The van der Waals surface area contributed by atoms with Gasteiger partial charge in [0.05, 0.1) is 6.04 Å². The van der Waals surface area contributed by atoms with E-state index in [1.165, 1.54) is 5.39 Å². The van der Waals surface area contributed by atoms with E-state index in [2.05, 4.69) is 27.3 Å². The molecular weight excluding hydrogens is 229 g/mol. The predicted octanol–water partition coefficient (Wildman–Crippen LogP) is 2.08. The van der Waals surface area contributed by atoms with Crippen LogP contribution >= 0.6 is 0 Å². The van der Waals surface area contributed by atoms with Gasteiger partial charge in [-0.15, -0.1) is 0 Å². The van der Waals surface area contributed by atoms with Crippen LogP contribution in [0.2, 0.25) is 0 Å². The number of hydrogen-bond donors (Lipinski definition) is 2. The number of aromatic nitrogens is 1. The van der Waals surface area contributed by atoms with E-state index >= 15 is 0 Å². The lowest BCUT2D eigenvalue weighted by Crippen LogP contribution is -2.45. The van der Waals surface area contributed by atoms with Gasteiger partial charge in [-0.2, -0.15) is 0 Å². The number of H-pyrrole nitrogens is 1. The zero-order chi connectivity index (χ0) is 12.4. The Balaban J connectivity index is 1.89. The van der Waals surface area contributed by atoms with Crippen LogP contribution in [0.25, 0.3) is 10.9 Å². The summed E-state index contributed by atoms with van der Waals surface area (Å²) in [4.78, 5) is 5.41. The molecule has 1 aromatic carbocycles. The summed E-state index contributed by atoms with van der Waals surface area (Å²) in [5.74, 6) is 0. The third-order valence-electron chi connectivity index (χ3n) is 3.70. The Kier molecular flexibility index (Phi) is 3.30. The Labute approximate surface area is 106 Å². The summed E-state index contributed by atoms with van der Waals surface area (Å²) in [5.41, 5.74) is 2.15. The van der Waals surface area contributed by atoms with E-state index in [1.807, 2.05) is 18.3 Å². The molecule has 96 valence electrons. The Morgan fingerprint density at radius 2 is 2.06 bits per heavy atom. The fourth-order valence-electron chi connectivity index (χ4n) is 2.66. The molecule has 1 aliphatic heterocycles. The molecule has 2 N–H and O–H groups in total. The number of alkyl halides is 1. The molecule has 1 aliphatic rings. The molecule has 0 amide bonds. The van der Waals surface area contributed by atoms with Crippen LogP contribution in [-0.2, 0) is 0 Å². The van der Waals surface area contributed by atoms with E-state index in [9.17, 15) is 4.39 Å². The van der Waals surface area contributed by atoms with Crippen molar-refractivity contribution in [3.05, 3.63) is 36.0 Å². The van der Waals surface area contributed by atoms with Crippen LogP contribution < -0.4 is 5.32 Å². The maximum Gasteiger partial charge on any atom is 0.109 e. The second kappa shape index (κ2) is 5.08. The zero-order valence-corrected chi connectivity index (χ0v) is 10.3. The van der Waals surface area contributed by atoms with E-state index in [0.717, 1.165) is 37.3 Å². The zero-order valence-electron chi connectivity index (χ0n) is 10.3. The number of nitrogens with zero attached hydrogens (tertiary/aromatic N) is 1. The topological polar surface area (TPSA) is 31.1 Å². The fourth-order valence-corrected chi connectivity index (χ4v) is 2.66. The highest BCUT2D eigenvalue weighted by Crippen LogP contribution is 2.25. The van der Waals surface area contributed by atoms with Gasteiger partial charge in [0.2, 0.25) is 0 Å². The van der Waals surface area contributed by atoms with Crippen LogP contribution in [-0.4, -0.2) is 42.7 Å². The minimum absolute atomic E-state index is 0.111. The van der Waals surface area contributed by atoms with Gasteiger partial charge in [-0.3, -0.25) is 4.90 Å². The van der Waals surface area contributed by atoms with E-state index < -0.39 is 0 Å². The smallest absolute Gasteiger partial charge is 0.109 e. The first-order valence-electron chi connectivity index (χ1n) is 6.46. The standard InChI is InChI=1S/C14H18FN3/c15-10-14(18-7-5-16-6-8-18)12-2-1-11-3-4-17-13(11)9-12/h1-4,9,14,16-17H,5-8,10H2/t14-/m1/s1. The quantitative estimate of drug-likeness (QED) is 0.870. The van der Waals surface area contributed by atoms with Crippen molar-refractivity contribution in [2.75, 3.05) is 32.9 Å². The molecule has 0 radical (unpaired) electrons. The first kappa shape index (κ1) is 11.7. The van der Waals surface area contributed by atoms with Crippen molar-refractivity contribution in [2.24, 2.45) is 0 Å². The normalized spacial score (nSPS) is 19.2. The van der Waals surface area contributed by atoms with Gasteiger partial charge in [0, 0.05) is 37.9 Å². The lowest BCUT2D eigenvalue weighted by atomic mass is 10.0. The van der Waals surface area contributed by atoms with Crippen LogP contribution in [0.1, 0.15) is 11.6 Å². The summed E-state index contributed by atoms with van der Waals surface area (Å²) in [6.07, 6.45) is 1.92. The van der Waals surface area contributed by atoms with Gasteiger partial charge >= 0.3 is 0 Å². The van der Waals surface area contributed by atoms with Gasteiger partial charge in [0.25, 0.3) is 0 Å². The Bertz CT molecular complexity index is 516. The summed E-state index contributed by atoms with van der Waals surface area (Å²) in [7, 11) is 0. The number of piperazine rings is 1. The first-order chi connectivity index (χ1) is 8.88. The monoisotopic (exact) mass is 247 g/mol. The summed E-state index contributed by atoms with van der Waals surface area (Å²) in [6.45, 7) is 3.39. The Morgan fingerprint density at radius 1 is 1.22 bits per heavy atom. The molecule has 2 aromatic rings. The van der Waals surface area contributed by atoms with Gasteiger partial charge in [-0.25, -0.2) is 4.39 Å². The van der Waals surface area contributed by atoms with Crippen LogP contribution in [0.15, 0.2) is 30.5 Å². The molecule has 1 aromatic heterocycles. The Hall–Kier alpha value is -1.39. The summed E-state index contributed by atoms with van der Waals surface area (Å²) >= 11 is 0. The molecule has 0 bridgehead atoms. The number of fused-ring (bicyclic) bond motifs is 1. The summed E-state index contributed by atoms with van der Waals surface area (Å²) in [6, 6.07) is 8.10. The molecule has 1 saturated heterocycles. The van der Waals surface area contributed by atoms with Crippen molar-refractivity contribution in [3.8, 4) is 0 Å². The number of hydrogen-bond acceptors (Lipinski definition) is 2. The Morgan fingerprint density at radius 3 is 2.83 bits per heavy atom. The van der Waals surface area contributed by atoms with Crippen molar-refractivity contribution in [2.45, 2.75) is 6.04 Å². The minimum Gasteiger partial charge on any atom is -0.361 e. The largest absolute Gasteiger partial charge is 0.361 e. The molecule has 4 heteroatoms. The molecule has 0 spiro atoms. The maximum atomic E-state index is 13.4. The third-order valence-corrected chi connectivity index (χ3v) is 3.70. The average molecular weight is 247 g/mol. The summed E-state index contributed by atoms with van der Waals surface area (Å²) in [5, 5.41) is 4.48. The molecule has 2 heterocycles. The van der Waals surface area contributed by atoms with Gasteiger partial charge in [0.15, 0.2) is 0 Å². The predicted molar refractivity (Wildman–Crippen MR) is 71.5 cm³/mol. The van der Waals surface area contributed by atoms with Crippen molar-refractivity contribution in [1.82, 2.24) is 15.2 Å². The highest BCUT2D eigenvalue weighted by molar-refractivity contribution is 5.79. The van der Waals surface area contributed by atoms with Gasteiger partial charge in [-0.1, -0.05) is 12.1 Å². The molecule has 1 fully saturated rings. The highest BCUT2D eigenvalue weighted by Gasteiger charge is 2.22. The molecule has 1 atom stereocenters. The molecule has 0 aliphatic carbocycles. The van der Waals surface area contributed by atoms with Gasteiger partial charge in [0.1, 0.15) is 6.67 Å². The van der Waals surface area contributed by atoms with E-state index in [1.54, 1.807) is 0 Å². The number of nitrogens with one attached hydrogen (secondary N) is 2. The van der Waals surface area contributed by atoms with Crippen LogP contribution in [0.5, 0.6) is 0 Å². The number of aromatic amines is 1. The van der Waals surface area contributed by atoms with Crippen molar-refractivity contribution in [3.63, 3.8) is 0 Å². The second-order valence-electron chi connectivity index (χ2n) is 4.78. The van der Waals surface area contributed by atoms with E-state index in [-0.39, 0.29) is 12.7 Å². The molecule has 18 heavy (non-hydrogen) atoms. The van der Waals surface area contributed by atoms with Crippen LogP contribution in [0.3, 0.4) is 0 Å².